The van der Waals surface area contributed by atoms with Crippen LogP contribution in [0.15, 0.2) is 37.9 Å². The van der Waals surface area contributed by atoms with Crippen molar-refractivity contribution in [1.29, 1.82) is 0 Å². The Bertz CT molecular complexity index is 978. The standard InChI is InChI=1S/C19H21N3O4/c1-12-10-18(23)26-17-11-14(5-6-15(12)17)24-9-8-22-7-3-4-16(22)19-21-20-13(2)25-19/h5-6,10-11,16H,3-4,7-9H2,1-2H3. The molecule has 1 saturated heterocycles. The van der Waals surface area contributed by atoms with E-state index in [1.807, 2.05) is 19.1 Å². The van der Waals surface area contributed by atoms with Crippen molar-refractivity contribution in [1.82, 2.24) is 15.1 Å². The number of likely N-dealkylation sites (tertiary alicyclic amines) is 1. The molecule has 0 saturated carbocycles. The Morgan fingerprint density at radius 1 is 1.23 bits per heavy atom. The predicted octanol–water partition coefficient (Wildman–Crippen LogP) is 3.01. The Hall–Kier alpha value is -2.67. The Labute approximate surface area is 150 Å². The highest BCUT2D eigenvalue weighted by atomic mass is 16.5. The number of rotatable bonds is 5. The highest BCUT2D eigenvalue weighted by molar-refractivity contribution is 5.81. The first-order chi connectivity index (χ1) is 12.6. The molecule has 1 aliphatic heterocycles. The van der Waals surface area contributed by atoms with Gasteiger partial charge in [0.25, 0.3) is 0 Å². The van der Waals surface area contributed by atoms with Crippen LogP contribution in [0.25, 0.3) is 11.0 Å². The first-order valence-electron chi connectivity index (χ1n) is 8.81. The van der Waals surface area contributed by atoms with Crippen LogP contribution in [0.5, 0.6) is 5.75 Å². The first-order valence-corrected chi connectivity index (χ1v) is 8.81. The molecule has 2 aromatic heterocycles. The molecule has 7 nitrogen and oxygen atoms in total. The van der Waals surface area contributed by atoms with E-state index in [9.17, 15) is 4.79 Å². The third-order valence-electron chi connectivity index (χ3n) is 4.76. The van der Waals surface area contributed by atoms with Gasteiger partial charge in [0.15, 0.2) is 0 Å². The van der Waals surface area contributed by atoms with Gasteiger partial charge in [0.1, 0.15) is 17.9 Å². The van der Waals surface area contributed by atoms with Gasteiger partial charge in [-0.05, 0) is 44.0 Å². The molecule has 0 radical (unpaired) electrons. The summed E-state index contributed by atoms with van der Waals surface area (Å²) in [5.74, 6) is 1.97. The minimum absolute atomic E-state index is 0.164. The van der Waals surface area contributed by atoms with E-state index in [0.717, 1.165) is 36.9 Å². The molecule has 0 aliphatic carbocycles. The number of ether oxygens (including phenoxy) is 1. The van der Waals surface area contributed by atoms with Crippen LogP contribution in [0.1, 0.15) is 36.2 Å². The van der Waals surface area contributed by atoms with Crippen LogP contribution in [0.2, 0.25) is 0 Å². The monoisotopic (exact) mass is 355 g/mol. The van der Waals surface area contributed by atoms with Crippen LogP contribution in [0.4, 0.5) is 0 Å². The fourth-order valence-electron chi connectivity index (χ4n) is 3.50. The van der Waals surface area contributed by atoms with Crippen molar-refractivity contribution in [3.8, 4) is 5.75 Å². The quantitative estimate of drug-likeness (QED) is 0.651. The summed E-state index contributed by atoms with van der Waals surface area (Å²) in [5.41, 5.74) is 1.10. The van der Waals surface area contributed by atoms with E-state index in [0.29, 0.717) is 29.7 Å². The van der Waals surface area contributed by atoms with Gasteiger partial charge in [-0.25, -0.2) is 4.79 Å². The summed E-state index contributed by atoms with van der Waals surface area (Å²) in [4.78, 5) is 13.8. The van der Waals surface area contributed by atoms with Crippen molar-refractivity contribution in [2.75, 3.05) is 19.7 Å². The molecule has 1 atom stereocenters. The number of nitrogens with zero attached hydrogens (tertiary/aromatic N) is 3. The Kier molecular flexibility index (Phi) is 4.46. The molecule has 1 unspecified atom stereocenters. The summed E-state index contributed by atoms with van der Waals surface area (Å²) in [6, 6.07) is 7.25. The Morgan fingerprint density at radius 3 is 2.92 bits per heavy atom. The van der Waals surface area contributed by atoms with Crippen LogP contribution >= 0.6 is 0 Å². The van der Waals surface area contributed by atoms with Gasteiger partial charge in [0.05, 0.1) is 6.04 Å². The molecule has 7 heteroatoms. The normalized spacial score (nSPS) is 17.8. The summed E-state index contributed by atoms with van der Waals surface area (Å²) < 4.78 is 16.7. The zero-order valence-electron chi connectivity index (χ0n) is 14.9. The lowest BCUT2D eigenvalue weighted by Gasteiger charge is -2.21. The van der Waals surface area contributed by atoms with E-state index in [1.165, 1.54) is 6.07 Å². The van der Waals surface area contributed by atoms with Gasteiger partial charge >= 0.3 is 5.63 Å². The van der Waals surface area contributed by atoms with Gasteiger partial charge in [-0.15, -0.1) is 10.2 Å². The third kappa shape index (κ3) is 3.35. The fourth-order valence-corrected chi connectivity index (χ4v) is 3.50. The largest absolute Gasteiger partial charge is 0.492 e. The third-order valence-corrected chi connectivity index (χ3v) is 4.76. The van der Waals surface area contributed by atoms with Crippen LogP contribution in [0, 0.1) is 13.8 Å². The lowest BCUT2D eigenvalue weighted by molar-refractivity contribution is 0.178. The SMILES string of the molecule is Cc1nnc(C2CCCN2CCOc2ccc3c(C)cc(=O)oc3c2)o1. The van der Waals surface area contributed by atoms with E-state index < -0.39 is 0 Å². The number of hydrogen-bond acceptors (Lipinski definition) is 7. The summed E-state index contributed by atoms with van der Waals surface area (Å²) >= 11 is 0. The van der Waals surface area contributed by atoms with Crippen LogP contribution < -0.4 is 10.4 Å². The molecule has 1 aromatic carbocycles. The fraction of sp³-hybridized carbons (Fsp3) is 0.421. The van der Waals surface area contributed by atoms with E-state index in [2.05, 4.69) is 15.1 Å². The van der Waals surface area contributed by atoms with Gasteiger partial charge in [0, 0.05) is 31.0 Å². The van der Waals surface area contributed by atoms with Crippen LogP contribution in [0.3, 0.4) is 0 Å². The average Bonchev–Trinajstić information content (AvgIpc) is 3.23. The van der Waals surface area contributed by atoms with Crippen LogP contribution in [-0.4, -0.2) is 34.8 Å². The molecule has 4 rings (SSSR count). The lowest BCUT2D eigenvalue weighted by atomic mass is 10.1. The molecule has 3 aromatic rings. The molecule has 136 valence electrons. The minimum atomic E-state index is -0.345. The highest BCUT2D eigenvalue weighted by Crippen LogP contribution is 2.30. The average molecular weight is 355 g/mol. The first kappa shape index (κ1) is 16.8. The molecule has 0 N–H and O–H groups in total. The number of benzene rings is 1. The van der Waals surface area contributed by atoms with Crippen molar-refractivity contribution < 1.29 is 13.6 Å². The summed E-state index contributed by atoms with van der Waals surface area (Å²) in [6.45, 7) is 5.99. The van der Waals surface area contributed by atoms with Crippen molar-refractivity contribution in [2.24, 2.45) is 0 Å². The van der Waals surface area contributed by atoms with Crippen molar-refractivity contribution in [3.05, 3.63) is 52.0 Å². The molecular formula is C19H21N3O4. The maximum atomic E-state index is 11.5. The van der Waals surface area contributed by atoms with Crippen molar-refractivity contribution >= 4 is 11.0 Å². The van der Waals surface area contributed by atoms with Gasteiger partial charge < -0.3 is 13.6 Å². The molecule has 3 heterocycles. The maximum Gasteiger partial charge on any atom is 0.336 e. The second-order valence-electron chi connectivity index (χ2n) is 6.61. The summed E-state index contributed by atoms with van der Waals surface area (Å²) in [5, 5.41) is 9.00. The predicted molar refractivity (Wildman–Crippen MR) is 95.3 cm³/mol. The zero-order chi connectivity index (χ0) is 18.1. The number of aryl methyl sites for hydroxylation is 2. The van der Waals surface area contributed by atoms with Gasteiger partial charge in [0.2, 0.25) is 11.8 Å². The molecule has 0 bridgehead atoms. The number of hydrogen-bond donors (Lipinski definition) is 0. The molecule has 0 amide bonds. The maximum absolute atomic E-state index is 11.5. The molecule has 1 aliphatic rings. The van der Waals surface area contributed by atoms with Gasteiger partial charge in [-0.2, -0.15) is 0 Å². The molecule has 26 heavy (non-hydrogen) atoms. The number of fused-ring (bicyclic) bond motifs is 1. The molecule has 0 spiro atoms. The topological polar surface area (TPSA) is 81.6 Å². The summed E-state index contributed by atoms with van der Waals surface area (Å²) in [7, 11) is 0. The smallest absolute Gasteiger partial charge is 0.336 e. The zero-order valence-corrected chi connectivity index (χ0v) is 14.9. The van der Waals surface area contributed by atoms with Gasteiger partial charge in [-0.3, -0.25) is 4.90 Å². The van der Waals surface area contributed by atoms with Crippen molar-refractivity contribution in [3.63, 3.8) is 0 Å². The minimum Gasteiger partial charge on any atom is -0.492 e. The second-order valence-corrected chi connectivity index (χ2v) is 6.61. The lowest BCUT2D eigenvalue weighted by Crippen LogP contribution is -2.28. The van der Waals surface area contributed by atoms with E-state index >= 15 is 0 Å². The number of aromatic nitrogens is 2. The summed E-state index contributed by atoms with van der Waals surface area (Å²) in [6.07, 6.45) is 2.12. The Balaban J connectivity index is 1.41. The molecular weight excluding hydrogens is 334 g/mol. The second kappa shape index (κ2) is 6.92. The van der Waals surface area contributed by atoms with E-state index in [1.54, 1.807) is 13.0 Å². The molecule has 1 fully saturated rings. The highest BCUT2D eigenvalue weighted by Gasteiger charge is 2.29. The van der Waals surface area contributed by atoms with Crippen LogP contribution in [-0.2, 0) is 0 Å². The van der Waals surface area contributed by atoms with E-state index in [-0.39, 0.29) is 11.7 Å². The van der Waals surface area contributed by atoms with E-state index in [4.69, 9.17) is 13.6 Å². The van der Waals surface area contributed by atoms with Gasteiger partial charge in [-0.1, -0.05) is 0 Å². The Morgan fingerprint density at radius 2 is 2.12 bits per heavy atom. The van der Waals surface area contributed by atoms with Crippen molar-refractivity contribution in [2.45, 2.75) is 32.7 Å².